The number of rotatable bonds is 3. The zero-order valence-electron chi connectivity index (χ0n) is 8.50. The molecule has 3 N–H and O–H groups in total. The van der Waals surface area contributed by atoms with Crippen molar-refractivity contribution in [3.63, 3.8) is 0 Å². The number of nitrogens with two attached hydrogens (primary N) is 1. The fraction of sp³-hybridized carbons (Fsp3) is 0.455. The van der Waals surface area contributed by atoms with E-state index in [2.05, 4.69) is 15.9 Å². The first-order valence-electron chi connectivity index (χ1n) is 4.63. The van der Waals surface area contributed by atoms with Crippen LogP contribution < -0.4 is 5.73 Å². The molecule has 0 aliphatic rings. The zero-order valence-corrected chi connectivity index (χ0v) is 10.1. The molecule has 0 amide bonds. The average molecular weight is 258 g/mol. The number of halogens is 1. The fourth-order valence-electron chi connectivity index (χ4n) is 1.53. The van der Waals surface area contributed by atoms with E-state index < -0.39 is 5.60 Å². The summed E-state index contributed by atoms with van der Waals surface area (Å²) in [5, 5.41) is 9.91. The van der Waals surface area contributed by atoms with E-state index in [4.69, 9.17) is 5.73 Å². The van der Waals surface area contributed by atoms with E-state index >= 15 is 0 Å². The Hall–Kier alpha value is -0.380. The molecule has 1 unspecified atom stereocenters. The highest BCUT2D eigenvalue weighted by Crippen LogP contribution is 2.27. The fourth-order valence-corrected chi connectivity index (χ4v) is 1.79. The molecule has 0 aliphatic heterocycles. The predicted octanol–water partition coefficient (Wildman–Crippen LogP) is 2.26. The standard InChI is InChI=1S/C11H16BrNO/c1-11(2,14)10(7-13)8-3-5-9(12)6-4-8/h3-6,10,14H,7,13H2,1-2H3. The van der Waals surface area contributed by atoms with Crippen LogP contribution >= 0.6 is 15.9 Å². The summed E-state index contributed by atoms with van der Waals surface area (Å²) in [5.41, 5.74) is 5.95. The SMILES string of the molecule is CC(C)(O)C(CN)c1ccc(Br)cc1. The van der Waals surface area contributed by atoms with E-state index in [1.165, 1.54) is 0 Å². The molecule has 2 nitrogen and oxygen atoms in total. The van der Waals surface area contributed by atoms with Crippen molar-refractivity contribution in [2.45, 2.75) is 25.4 Å². The van der Waals surface area contributed by atoms with Gasteiger partial charge >= 0.3 is 0 Å². The largest absolute Gasteiger partial charge is 0.390 e. The Kier molecular flexibility index (Phi) is 3.70. The maximum Gasteiger partial charge on any atom is 0.0672 e. The maximum atomic E-state index is 9.91. The minimum atomic E-state index is -0.775. The molecule has 14 heavy (non-hydrogen) atoms. The summed E-state index contributed by atoms with van der Waals surface area (Å²) in [6.45, 7) is 4.02. The van der Waals surface area contributed by atoms with Crippen molar-refractivity contribution in [1.29, 1.82) is 0 Å². The molecule has 0 saturated heterocycles. The van der Waals surface area contributed by atoms with Crippen molar-refractivity contribution < 1.29 is 5.11 Å². The number of benzene rings is 1. The van der Waals surface area contributed by atoms with Gasteiger partial charge in [-0.15, -0.1) is 0 Å². The van der Waals surface area contributed by atoms with Gasteiger partial charge < -0.3 is 10.8 Å². The van der Waals surface area contributed by atoms with Crippen molar-refractivity contribution in [1.82, 2.24) is 0 Å². The first-order chi connectivity index (χ1) is 6.45. The smallest absolute Gasteiger partial charge is 0.0672 e. The molecule has 0 fully saturated rings. The summed E-state index contributed by atoms with van der Waals surface area (Å²) < 4.78 is 1.03. The van der Waals surface area contributed by atoms with Crippen LogP contribution in [0.2, 0.25) is 0 Å². The Morgan fingerprint density at radius 1 is 1.36 bits per heavy atom. The lowest BCUT2D eigenvalue weighted by molar-refractivity contribution is 0.0525. The van der Waals surface area contributed by atoms with Gasteiger partial charge in [0.1, 0.15) is 0 Å². The van der Waals surface area contributed by atoms with E-state index in [0.29, 0.717) is 6.54 Å². The molecule has 0 saturated carbocycles. The summed E-state index contributed by atoms with van der Waals surface area (Å²) >= 11 is 3.37. The third-order valence-corrected chi connectivity index (χ3v) is 2.89. The second-order valence-corrected chi connectivity index (χ2v) is 4.91. The Morgan fingerprint density at radius 3 is 2.21 bits per heavy atom. The van der Waals surface area contributed by atoms with Crippen LogP contribution in [0.3, 0.4) is 0 Å². The summed E-state index contributed by atoms with van der Waals surface area (Å²) in [6, 6.07) is 7.90. The number of aliphatic hydroxyl groups is 1. The zero-order chi connectivity index (χ0) is 10.8. The molecule has 0 aromatic heterocycles. The van der Waals surface area contributed by atoms with Gasteiger partial charge in [-0.2, -0.15) is 0 Å². The first-order valence-corrected chi connectivity index (χ1v) is 5.42. The van der Waals surface area contributed by atoms with Gasteiger partial charge in [-0.05, 0) is 31.5 Å². The van der Waals surface area contributed by atoms with E-state index in [9.17, 15) is 5.11 Å². The van der Waals surface area contributed by atoms with Crippen LogP contribution in [0, 0.1) is 0 Å². The molecule has 1 aromatic carbocycles. The monoisotopic (exact) mass is 257 g/mol. The van der Waals surface area contributed by atoms with E-state index in [1.807, 2.05) is 24.3 Å². The van der Waals surface area contributed by atoms with Gasteiger partial charge in [-0.1, -0.05) is 28.1 Å². The van der Waals surface area contributed by atoms with Gasteiger partial charge in [0.15, 0.2) is 0 Å². The second kappa shape index (κ2) is 4.43. The molecule has 0 aliphatic carbocycles. The lowest BCUT2D eigenvalue weighted by Crippen LogP contribution is -2.34. The van der Waals surface area contributed by atoms with Crippen LogP contribution in [0.5, 0.6) is 0 Å². The molecule has 1 aromatic rings. The minimum absolute atomic E-state index is 0.0180. The van der Waals surface area contributed by atoms with E-state index in [0.717, 1.165) is 10.0 Å². The van der Waals surface area contributed by atoms with Crippen LogP contribution in [0.1, 0.15) is 25.3 Å². The summed E-state index contributed by atoms with van der Waals surface area (Å²) in [5.74, 6) is -0.0180. The van der Waals surface area contributed by atoms with Crippen LogP contribution in [0.25, 0.3) is 0 Å². The predicted molar refractivity (Wildman–Crippen MR) is 62.2 cm³/mol. The van der Waals surface area contributed by atoms with Gasteiger partial charge in [-0.25, -0.2) is 0 Å². The summed E-state index contributed by atoms with van der Waals surface area (Å²) in [4.78, 5) is 0. The first kappa shape index (κ1) is 11.7. The van der Waals surface area contributed by atoms with Gasteiger partial charge in [0.2, 0.25) is 0 Å². The van der Waals surface area contributed by atoms with Crippen molar-refractivity contribution in [2.24, 2.45) is 5.73 Å². The normalized spacial score (nSPS) is 14.1. The highest BCUT2D eigenvalue weighted by atomic mass is 79.9. The highest BCUT2D eigenvalue weighted by Gasteiger charge is 2.26. The molecule has 1 rings (SSSR count). The van der Waals surface area contributed by atoms with Crippen LogP contribution in [0.15, 0.2) is 28.7 Å². The molecule has 0 radical (unpaired) electrons. The Labute approximate surface area is 93.3 Å². The van der Waals surface area contributed by atoms with Crippen molar-refractivity contribution >= 4 is 15.9 Å². The third kappa shape index (κ3) is 2.80. The lowest BCUT2D eigenvalue weighted by Gasteiger charge is -2.28. The minimum Gasteiger partial charge on any atom is -0.390 e. The second-order valence-electron chi connectivity index (χ2n) is 3.99. The Bertz CT molecular complexity index is 289. The molecule has 0 bridgehead atoms. The maximum absolute atomic E-state index is 9.91. The quantitative estimate of drug-likeness (QED) is 0.873. The summed E-state index contributed by atoms with van der Waals surface area (Å²) in [7, 11) is 0. The topological polar surface area (TPSA) is 46.2 Å². The Morgan fingerprint density at radius 2 is 1.86 bits per heavy atom. The molecule has 0 heterocycles. The van der Waals surface area contributed by atoms with Gasteiger partial charge in [0, 0.05) is 16.9 Å². The van der Waals surface area contributed by atoms with Gasteiger partial charge in [0.25, 0.3) is 0 Å². The van der Waals surface area contributed by atoms with Gasteiger partial charge in [-0.3, -0.25) is 0 Å². The third-order valence-electron chi connectivity index (χ3n) is 2.36. The van der Waals surface area contributed by atoms with Crippen LogP contribution in [-0.2, 0) is 0 Å². The van der Waals surface area contributed by atoms with Gasteiger partial charge in [0.05, 0.1) is 5.60 Å². The average Bonchev–Trinajstić information content (AvgIpc) is 2.07. The molecule has 0 spiro atoms. The molecule has 1 atom stereocenters. The molecular weight excluding hydrogens is 242 g/mol. The summed E-state index contributed by atoms with van der Waals surface area (Å²) in [6.07, 6.45) is 0. The van der Waals surface area contributed by atoms with E-state index in [-0.39, 0.29) is 5.92 Å². The van der Waals surface area contributed by atoms with Crippen LogP contribution in [-0.4, -0.2) is 17.3 Å². The van der Waals surface area contributed by atoms with E-state index in [1.54, 1.807) is 13.8 Å². The van der Waals surface area contributed by atoms with Crippen LogP contribution in [0.4, 0.5) is 0 Å². The number of hydrogen-bond acceptors (Lipinski definition) is 2. The molecular formula is C11H16BrNO. The van der Waals surface area contributed by atoms with Crippen molar-refractivity contribution in [3.8, 4) is 0 Å². The Balaban J connectivity index is 2.96. The highest BCUT2D eigenvalue weighted by molar-refractivity contribution is 9.10. The number of hydrogen-bond donors (Lipinski definition) is 2. The van der Waals surface area contributed by atoms with Crippen molar-refractivity contribution in [3.05, 3.63) is 34.3 Å². The van der Waals surface area contributed by atoms with Crippen molar-refractivity contribution in [2.75, 3.05) is 6.54 Å². The lowest BCUT2D eigenvalue weighted by atomic mass is 9.85. The molecule has 78 valence electrons. The molecule has 3 heteroatoms.